The Morgan fingerprint density at radius 2 is 2.14 bits per heavy atom. The molecule has 1 aromatic heterocycles. The number of aromatic amines is 1. The topological polar surface area (TPSA) is 19.0 Å². The highest BCUT2D eigenvalue weighted by atomic mass is 15.0. The number of para-hydroxylation sites is 1. The molecule has 0 fully saturated rings. The van der Waals surface area contributed by atoms with Crippen LogP contribution in [0.15, 0.2) is 30.5 Å². The van der Waals surface area contributed by atoms with Crippen LogP contribution < -0.4 is 0 Å². The Labute approximate surface area is 88.8 Å². The summed E-state index contributed by atoms with van der Waals surface area (Å²) in [5, 5.41) is 0.844. The van der Waals surface area contributed by atoms with Crippen LogP contribution in [0.25, 0.3) is 10.9 Å². The van der Waals surface area contributed by atoms with Gasteiger partial charge in [-0.15, -0.1) is 0 Å². The molecule has 1 unspecified atom stereocenters. The third kappa shape index (κ3) is 1.80. The molecule has 1 atom stereocenters. The molecule has 2 rings (SSSR count). The average Bonchev–Trinajstić information content (AvgIpc) is 2.72. The van der Waals surface area contributed by atoms with E-state index in [1.54, 1.807) is 25.2 Å². The van der Waals surface area contributed by atoms with Gasteiger partial charge in [-0.3, -0.25) is 0 Å². The molecule has 1 N–H and O–H groups in total. The van der Waals surface area contributed by atoms with E-state index in [0.29, 0.717) is 5.56 Å². The molecule has 0 aliphatic carbocycles. The first-order valence-electron chi connectivity index (χ1n) is 6.17. The standard InChI is InChI=1S/C12H16N2/c1-14(2)8-7-10-9-13-12-6-4-3-5-11(10)12/h3-6,9,13H,7-8H2,1-2H3/i7D2,8D. The van der Waals surface area contributed by atoms with Gasteiger partial charge in [0.25, 0.3) is 0 Å². The average molecular weight is 191 g/mol. The van der Waals surface area contributed by atoms with Crippen LogP contribution in [0.4, 0.5) is 0 Å². The molecule has 0 saturated heterocycles. The van der Waals surface area contributed by atoms with E-state index in [2.05, 4.69) is 4.98 Å². The summed E-state index contributed by atoms with van der Waals surface area (Å²) in [5.41, 5.74) is 1.44. The minimum Gasteiger partial charge on any atom is -0.361 e. The number of hydrogen-bond acceptors (Lipinski definition) is 1. The molecule has 14 heavy (non-hydrogen) atoms. The maximum Gasteiger partial charge on any atom is 0.0456 e. The van der Waals surface area contributed by atoms with Gasteiger partial charge in [0.15, 0.2) is 0 Å². The van der Waals surface area contributed by atoms with Crippen LogP contribution in [0.5, 0.6) is 0 Å². The van der Waals surface area contributed by atoms with Gasteiger partial charge in [-0.1, -0.05) is 18.2 Å². The summed E-state index contributed by atoms with van der Waals surface area (Å²) in [6.07, 6.45) is -0.0428. The van der Waals surface area contributed by atoms with Gasteiger partial charge in [-0.2, -0.15) is 0 Å². The first-order valence-corrected chi connectivity index (χ1v) is 4.60. The van der Waals surface area contributed by atoms with Crippen LogP contribution in [0.3, 0.4) is 0 Å². The molecule has 2 nitrogen and oxygen atoms in total. The fourth-order valence-electron chi connectivity index (χ4n) is 1.39. The van der Waals surface area contributed by atoms with Gasteiger partial charge >= 0.3 is 0 Å². The fourth-order valence-corrected chi connectivity index (χ4v) is 1.39. The van der Waals surface area contributed by atoms with Crippen molar-refractivity contribution in [2.75, 3.05) is 20.6 Å². The van der Waals surface area contributed by atoms with Crippen molar-refractivity contribution < 1.29 is 4.11 Å². The van der Waals surface area contributed by atoms with Gasteiger partial charge < -0.3 is 9.88 Å². The first-order chi connectivity index (χ1) is 7.94. The van der Waals surface area contributed by atoms with E-state index in [0.717, 1.165) is 10.9 Å². The van der Waals surface area contributed by atoms with E-state index in [1.165, 1.54) is 0 Å². The molecular formula is C12H16N2. The zero-order valence-electron chi connectivity index (χ0n) is 11.4. The van der Waals surface area contributed by atoms with E-state index in [4.69, 9.17) is 4.11 Å². The fraction of sp³-hybridized carbons (Fsp3) is 0.333. The minimum absolute atomic E-state index is 0.543. The second-order valence-electron chi connectivity index (χ2n) is 3.48. The molecule has 0 aliphatic rings. The summed E-state index contributed by atoms with van der Waals surface area (Å²) < 4.78 is 24.2. The molecule has 0 spiro atoms. The molecule has 2 heteroatoms. The highest BCUT2D eigenvalue weighted by molar-refractivity contribution is 5.83. The van der Waals surface area contributed by atoms with Gasteiger partial charge in [0.1, 0.15) is 0 Å². The lowest BCUT2D eigenvalue weighted by Crippen LogP contribution is -2.14. The highest BCUT2D eigenvalue weighted by Gasteiger charge is 2.02. The molecular weight excluding hydrogens is 172 g/mol. The van der Waals surface area contributed by atoms with Gasteiger partial charge in [-0.05, 0) is 32.1 Å². The predicted octanol–water partition coefficient (Wildman–Crippen LogP) is 2.27. The summed E-state index contributed by atoms with van der Waals surface area (Å²) in [4.78, 5) is 4.62. The lowest BCUT2D eigenvalue weighted by Gasteiger charge is -2.07. The van der Waals surface area contributed by atoms with Crippen molar-refractivity contribution in [2.24, 2.45) is 0 Å². The normalized spacial score (nSPS) is 17.8. The largest absolute Gasteiger partial charge is 0.361 e. The smallest absolute Gasteiger partial charge is 0.0456 e. The monoisotopic (exact) mass is 191 g/mol. The third-order valence-corrected chi connectivity index (χ3v) is 2.07. The van der Waals surface area contributed by atoms with E-state index < -0.39 is 12.9 Å². The lowest BCUT2D eigenvalue weighted by atomic mass is 10.1. The second kappa shape index (κ2) is 3.84. The molecule has 2 aromatic rings. The Morgan fingerprint density at radius 3 is 2.93 bits per heavy atom. The number of likely N-dealkylation sites (N-methyl/N-ethyl adjacent to an activating group) is 1. The maximum absolute atomic E-state index is 8.12. The number of nitrogens with zero attached hydrogens (tertiary/aromatic N) is 1. The number of nitrogens with one attached hydrogen (secondary N) is 1. The third-order valence-electron chi connectivity index (χ3n) is 2.07. The quantitative estimate of drug-likeness (QED) is 0.788. The van der Waals surface area contributed by atoms with Gasteiger partial charge in [0.05, 0.1) is 0 Å². The van der Waals surface area contributed by atoms with Crippen molar-refractivity contribution in [3.05, 3.63) is 36.0 Å². The van der Waals surface area contributed by atoms with Crippen LogP contribution in [-0.4, -0.2) is 30.5 Å². The van der Waals surface area contributed by atoms with Crippen LogP contribution >= 0.6 is 0 Å². The molecule has 0 aliphatic heterocycles. The van der Waals surface area contributed by atoms with E-state index >= 15 is 0 Å². The molecule has 0 bridgehead atoms. The maximum atomic E-state index is 8.12. The number of fused-ring (bicyclic) bond motifs is 1. The van der Waals surface area contributed by atoms with Crippen LogP contribution in [0, 0.1) is 0 Å². The van der Waals surface area contributed by atoms with Crippen LogP contribution in [0.1, 0.15) is 9.68 Å². The van der Waals surface area contributed by atoms with E-state index in [1.807, 2.05) is 24.3 Å². The van der Waals surface area contributed by atoms with Crippen LogP contribution in [0.2, 0.25) is 0 Å². The summed E-state index contributed by atoms with van der Waals surface area (Å²) in [6.45, 7) is -0.929. The zero-order chi connectivity index (χ0) is 12.6. The SMILES string of the molecule is [2H]C(N(C)C)C([2H])([2H])c1c[nH]c2ccccc12. The molecule has 0 saturated carbocycles. The van der Waals surface area contributed by atoms with E-state index in [9.17, 15) is 0 Å². The van der Waals surface area contributed by atoms with Crippen molar-refractivity contribution in [3.8, 4) is 0 Å². The summed E-state index contributed by atoms with van der Waals surface area (Å²) in [5.74, 6) is 0. The molecule has 1 aromatic carbocycles. The Bertz CT molecular complexity index is 519. The summed E-state index contributed by atoms with van der Waals surface area (Å²) >= 11 is 0. The van der Waals surface area contributed by atoms with E-state index in [-0.39, 0.29) is 0 Å². The van der Waals surface area contributed by atoms with Crippen molar-refractivity contribution in [3.63, 3.8) is 0 Å². The molecule has 0 radical (unpaired) electrons. The number of aryl methyl sites for hydroxylation is 1. The van der Waals surface area contributed by atoms with Gasteiger partial charge in [0.2, 0.25) is 0 Å². The Kier molecular flexibility index (Phi) is 1.72. The van der Waals surface area contributed by atoms with Crippen molar-refractivity contribution >= 4 is 10.9 Å². The van der Waals surface area contributed by atoms with Crippen molar-refractivity contribution in [2.45, 2.75) is 6.37 Å². The minimum atomic E-state index is -1.71. The summed E-state index contributed by atoms with van der Waals surface area (Å²) in [7, 11) is 3.43. The van der Waals surface area contributed by atoms with Crippen LogP contribution in [-0.2, 0) is 6.37 Å². The van der Waals surface area contributed by atoms with Gasteiger partial charge in [0, 0.05) is 27.7 Å². The lowest BCUT2D eigenvalue weighted by molar-refractivity contribution is 0.414. The first kappa shape index (κ1) is 6.25. The Morgan fingerprint density at radius 1 is 1.36 bits per heavy atom. The number of benzene rings is 1. The number of H-pyrrole nitrogens is 1. The second-order valence-corrected chi connectivity index (χ2v) is 3.48. The number of aromatic nitrogens is 1. The number of hydrogen-bond donors (Lipinski definition) is 1. The predicted molar refractivity (Wildman–Crippen MR) is 60.6 cm³/mol. The Balaban J connectivity index is 2.52. The van der Waals surface area contributed by atoms with Crippen molar-refractivity contribution in [1.82, 2.24) is 9.88 Å². The number of rotatable bonds is 3. The van der Waals surface area contributed by atoms with Crippen molar-refractivity contribution in [1.29, 1.82) is 0 Å². The molecule has 1 heterocycles. The molecule has 0 amide bonds. The molecule has 74 valence electrons. The highest BCUT2D eigenvalue weighted by Crippen LogP contribution is 2.17. The zero-order valence-corrected chi connectivity index (χ0v) is 8.41. The Hall–Kier alpha value is -1.28. The summed E-state index contributed by atoms with van der Waals surface area (Å²) in [6, 6.07) is 7.57. The van der Waals surface area contributed by atoms with Gasteiger partial charge in [-0.25, -0.2) is 0 Å².